The van der Waals surface area contributed by atoms with Crippen LogP contribution in [0.3, 0.4) is 0 Å². The summed E-state index contributed by atoms with van der Waals surface area (Å²) in [4.78, 5) is 51.5. The van der Waals surface area contributed by atoms with E-state index >= 15 is 0 Å². The van der Waals surface area contributed by atoms with Gasteiger partial charge in [-0.05, 0) is 35.6 Å². The summed E-state index contributed by atoms with van der Waals surface area (Å²) in [6, 6.07) is 5.69. The number of anilines is 2. The van der Waals surface area contributed by atoms with Crippen LogP contribution in [0.25, 0.3) is 6.08 Å². The maximum atomic E-state index is 13.0. The molecule has 10 heteroatoms. The quantitative estimate of drug-likeness (QED) is 0.374. The molecule has 0 bridgehead atoms. The first-order valence-electron chi connectivity index (χ1n) is 9.87. The number of amides is 1. The third kappa shape index (κ3) is 5.91. The van der Waals surface area contributed by atoms with Crippen molar-refractivity contribution < 1.29 is 9.72 Å². The van der Waals surface area contributed by atoms with E-state index in [2.05, 4.69) is 4.98 Å². The first kappa shape index (κ1) is 23.6. The third-order valence-corrected chi connectivity index (χ3v) is 4.37. The van der Waals surface area contributed by atoms with Crippen molar-refractivity contribution >= 4 is 29.2 Å². The van der Waals surface area contributed by atoms with Crippen molar-refractivity contribution in [2.75, 3.05) is 17.2 Å². The van der Waals surface area contributed by atoms with E-state index in [1.807, 2.05) is 27.7 Å². The van der Waals surface area contributed by atoms with E-state index in [9.17, 15) is 24.5 Å². The Morgan fingerprint density at radius 2 is 1.81 bits per heavy atom. The predicted molar refractivity (Wildman–Crippen MR) is 120 cm³/mol. The van der Waals surface area contributed by atoms with Crippen LogP contribution in [0.15, 0.2) is 39.9 Å². The minimum atomic E-state index is -0.736. The lowest BCUT2D eigenvalue weighted by molar-refractivity contribution is -0.384. The number of nitrogen functional groups attached to an aromatic ring is 1. The van der Waals surface area contributed by atoms with Crippen LogP contribution in [0.1, 0.15) is 33.3 Å². The molecule has 1 aromatic heterocycles. The summed E-state index contributed by atoms with van der Waals surface area (Å²) in [5.41, 5.74) is 5.24. The number of nitro groups is 1. The van der Waals surface area contributed by atoms with E-state index in [4.69, 9.17) is 5.73 Å². The summed E-state index contributed by atoms with van der Waals surface area (Å²) in [6.07, 6.45) is 2.76. The van der Waals surface area contributed by atoms with Crippen LogP contribution in [0.4, 0.5) is 17.2 Å². The minimum absolute atomic E-state index is 0.0148. The number of carbonyl (C=O) groups is 1. The van der Waals surface area contributed by atoms with Gasteiger partial charge in [-0.1, -0.05) is 27.7 Å². The minimum Gasteiger partial charge on any atom is -0.383 e. The fourth-order valence-corrected chi connectivity index (χ4v) is 3.01. The highest BCUT2D eigenvalue weighted by Gasteiger charge is 2.24. The molecule has 2 aromatic rings. The molecule has 0 radical (unpaired) electrons. The van der Waals surface area contributed by atoms with E-state index < -0.39 is 22.1 Å². The van der Waals surface area contributed by atoms with Gasteiger partial charge in [0.2, 0.25) is 0 Å². The number of nitro benzene ring substituents is 1. The number of hydrogen-bond acceptors (Lipinski definition) is 6. The van der Waals surface area contributed by atoms with Crippen molar-refractivity contribution in [1.82, 2.24) is 9.55 Å². The molecule has 166 valence electrons. The second-order valence-electron chi connectivity index (χ2n) is 8.02. The van der Waals surface area contributed by atoms with Gasteiger partial charge in [-0.25, -0.2) is 4.79 Å². The van der Waals surface area contributed by atoms with Crippen molar-refractivity contribution in [3.63, 3.8) is 0 Å². The molecule has 0 spiro atoms. The van der Waals surface area contributed by atoms with Crippen LogP contribution >= 0.6 is 0 Å². The van der Waals surface area contributed by atoms with Gasteiger partial charge in [0.15, 0.2) is 5.69 Å². The average molecular weight is 429 g/mol. The second kappa shape index (κ2) is 9.88. The van der Waals surface area contributed by atoms with Crippen molar-refractivity contribution in [2.24, 2.45) is 11.8 Å². The zero-order valence-corrected chi connectivity index (χ0v) is 18.0. The summed E-state index contributed by atoms with van der Waals surface area (Å²) in [7, 11) is 0. The first-order chi connectivity index (χ1) is 14.5. The fourth-order valence-electron chi connectivity index (χ4n) is 3.01. The Hall–Kier alpha value is -3.69. The first-order valence-corrected chi connectivity index (χ1v) is 9.87. The fraction of sp³-hybridized carbons (Fsp3) is 0.381. The Balaban J connectivity index is 2.46. The topological polar surface area (TPSA) is 144 Å². The Labute approximate surface area is 179 Å². The van der Waals surface area contributed by atoms with Gasteiger partial charge in [0.25, 0.3) is 17.2 Å². The van der Waals surface area contributed by atoms with Crippen molar-refractivity contribution in [3.05, 3.63) is 66.9 Å². The molecule has 0 saturated carbocycles. The van der Waals surface area contributed by atoms with Gasteiger partial charge in [-0.2, -0.15) is 0 Å². The number of nitrogens with zero attached hydrogens (tertiary/aromatic N) is 3. The van der Waals surface area contributed by atoms with E-state index in [0.29, 0.717) is 5.56 Å². The van der Waals surface area contributed by atoms with Crippen LogP contribution < -0.4 is 21.9 Å². The van der Waals surface area contributed by atoms with E-state index in [1.54, 1.807) is 0 Å². The molecular weight excluding hydrogens is 402 g/mol. The van der Waals surface area contributed by atoms with Crippen molar-refractivity contribution in [1.29, 1.82) is 0 Å². The maximum absolute atomic E-state index is 13.0. The third-order valence-electron chi connectivity index (χ3n) is 4.37. The Kier molecular flexibility index (Phi) is 7.51. The number of benzene rings is 1. The van der Waals surface area contributed by atoms with Gasteiger partial charge >= 0.3 is 5.69 Å². The van der Waals surface area contributed by atoms with Crippen LogP contribution in [0.2, 0.25) is 0 Å². The van der Waals surface area contributed by atoms with Gasteiger partial charge in [-0.15, -0.1) is 0 Å². The number of carbonyl (C=O) groups excluding carboxylic acids is 1. The standard InChI is InChI=1S/C21H27N5O5/c1-13(2)11-24(17(27)10-7-15-5-8-16(9-6-15)26(30)31)18-19(22)25(12-14(3)4)21(29)23-20(18)28/h5-10,13-14H,11-12,22H2,1-4H3,(H,23,28,29)/b10-7+. The molecule has 0 aliphatic heterocycles. The number of non-ortho nitro benzene ring substituents is 1. The lowest BCUT2D eigenvalue weighted by Crippen LogP contribution is -2.42. The van der Waals surface area contributed by atoms with Gasteiger partial charge in [-0.3, -0.25) is 29.3 Å². The molecule has 1 amide bonds. The van der Waals surface area contributed by atoms with Crippen molar-refractivity contribution in [2.45, 2.75) is 34.2 Å². The smallest absolute Gasteiger partial charge is 0.330 e. The molecule has 0 unspecified atom stereocenters. The number of nitrogens with two attached hydrogens (primary N) is 1. The normalized spacial score (nSPS) is 11.4. The van der Waals surface area contributed by atoms with Crippen molar-refractivity contribution in [3.8, 4) is 0 Å². The van der Waals surface area contributed by atoms with E-state index in [1.165, 1.54) is 45.9 Å². The zero-order chi connectivity index (χ0) is 23.3. The highest BCUT2D eigenvalue weighted by molar-refractivity contribution is 6.05. The summed E-state index contributed by atoms with van der Waals surface area (Å²) in [5, 5.41) is 10.8. The van der Waals surface area contributed by atoms with Gasteiger partial charge in [0.1, 0.15) is 5.82 Å². The summed E-state index contributed by atoms with van der Waals surface area (Å²) < 4.78 is 1.25. The summed E-state index contributed by atoms with van der Waals surface area (Å²) in [5.74, 6) is -0.463. The van der Waals surface area contributed by atoms with Crippen LogP contribution in [-0.2, 0) is 11.3 Å². The molecule has 1 heterocycles. The van der Waals surface area contributed by atoms with Gasteiger partial charge in [0, 0.05) is 31.3 Å². The molecule has 0 aliphatic rings. The number of nitrogens with one attached hydrogen (secondary N) is 1. The Bertz CT molecular complexity index is 1100. The van der Waals surface area contributed by atoms with Crippen LogP contribution in [0.5, 0.6) is 0 Å². The largest absolute Gasteiger partial charge is 0.383 e. The second-order valence-corrected chi connectivity index (χ2v) is 8.02. The van der Waals surface area contributed by atoms with E-state index in [0.717, 1.165) is 0 Å². The predicted octanol–water partition coefficient (Wildman–Crippen LogP) is 2.39. The zero-order valence-electron chi connectivity index (χ0n) is 18.0. The monoisotopic (exact) mass is 429 g/mol. The lowest BCUT2D eigenvalue weighted by Gasteiger charge is -2.25. The molecule has 2 rings (SSSR count). The average Bonchev–Trinajstić information content (AvgIpc) is 2.68. The van der Waals surface area contributed by atoms with Gasteiger partial charge < -0.3 is 10.6 Å². The molecule has 0 aliphatic carbocycles. The maximum Gasteiger partial charge on any atom is 0.330 e. The highest BCUT2D eigenvalue weighted by atomic mass is 16.6. The molecular formula is C21H27N5O5. The lowest BCUT2D eigenvalue weighted by atomic mass is 10.1. The number of aromatic nitrogens is 2. The summed E-state index contributed by atoms with van der Waals surface area (Å²) in [6.45, 7) is 8.07. The molecule has 1 aromatic carbocycles. The SMILES string of the molecule is CC(C)CN(C(=O)/C=C/c1ccc([N+](=O)[O-])cc1)c1c(N)n(CC(C)C)c(=O)[nH]c1=O. The Morgan fingerprint density at radius 3 is 2.32 bits per heavy atom. The molecule has 3 N–H and O–H groups in total. The number of rotatable bonds is 8. The number of aromatic amines is 1. The molecule has 0 fully saturated rings. The highest BCUT2D eigenvalue weighted by Crippen LogP contribution is 2.20. The molecule has 0 saturated heterocycles. The van der Waals surface area contributed by atoms with Crippen LogP contribution in [-0.4, -0.2) is 26.9 Å². The Morgan fingerprint density at radius 1 is 1.19 bits per heavy atom. The van der Waals surface area contributed by atoms with Crippen LogP contribution in [0, 0.1) is 22.0 Å². The molecule has 0 atom stereocenters. The van der Waals surface area contributed by atoms with Gasteiger partial charge in [0.05, 0.1) is 4.92 Å². The van der Waals surface area contributed by atoms with E-state index in [-0.39, 0.29) is 42.1 Å². The summed E-state index contributed by atoms with van der Waals surface area (Å²) >= 11 is 0. The molecule has 31 heavy (non-hydrogen) atoms. The number of H-pyrrole nitrogens is 1. The number of hydrogen-bond donors (Lipinski definition) is 2. The molecule has 10 nitrogen and oxygen atoms in total.